The highest BCUT2D eigenvalue weighted by Gasteiger charge is 2.23. The van der Waals surface area contributed by atoms with Gasteiger partial charge in [0.05, 0.1) is 0 Å². The highest BCUT2D eigenvalue weighted by molar-refractivity contribution is 6.04. The van der Waals surface area contributed by atoms with Crippen LogP contribution in [0.4, 0.5) is 17.6 Å². The quantitative estimate of drug-likeness (QED) is 0.662. The molecule has 0 radical (unpaired) electrons. The smallest absolute Gasteiger partial charge is 0.277 e. The van der Waals surface area contributed by atoms with Crippen LogP contribution >= 0.6 is 0 Å². The summed E-state index contributed by atoms with van der Waals surface area (Å²) < 4.78 is 0. The first-order valence-corrected chi connectivity index (χ1v) is 9.73. The summed E-state index contributed by atoms with van der Waals surface area (Å²) in [7, 11) is 0. The van der Waals surface area contributed by atoms with Crippen LogP contribution in [0.15, 0.2) is 61.1 Å². The molecule has 29 heavy (non-hydrogen) atoms. The molecule has 0 N–H and O–H groups in total. The van der Waals surface area contributed by atoms with E-state index in [4.69, 9.17) is 0 Å². The van der Waals surface area contributed by atoms with E-state index >= 15 is 0 Å². The van der Waals surface area contributed by atoms with E-state index < -0.39 is 0 Å². The summed E-state index contributed by atoms with van der Waals surface area (Å²) in [5.74, 6) is 1.19. The Morgan fingerprint density at radius 3 is 2.14 bits per heavy atom. The fraction of sp³-hybridized carbons (Fsp3) is 0.286. The Labute approximate surface area is 169 Å². The van der Waals surface area contributed by atoms with Crippen LogP contribution in [0, 0.1) is 0 Å². The molecule has 1 aliphatic rings. The third kappa shape index (κ3) is 4.16. The number of benzene rings is 1. The predicted molar refractivity (Wildman–Crippen MR) is 112 cm³/mol. The molecule has 148 valence electrons. The van der Waals surface area contributed by atoms with E-state index in [1.165, 1.54) is 0 Å². The summed E-state index contributed by atoms with van der Waals surface area (Å²) in [4.78, 5) is 36.6. The molecule has 0 aliphatic carbocycles. The number of carbonyl (C=O) groups excluding carboxylic acids is 1. The van der Waals surface area contributed by atoms with Crippen molar-refractivity contribution in [2.75, 3.05) is 47.4 Å². The zero-order chi connectivity index (χ0) is 20.1. The molecule has 0 spiro atoms. The van der Waals surface area contributed by atoms with Gasteiger partial charge in [-0.1, -0.05) is 18.2 Å². The maximum absolute atomic E-state index is 13.0. The van der Waals surface area contributed by atoms with Crippen molar-refractivity contribution in [3.8, 4) is 0 Å². The van der Waals surface area contributed by atoms with Crippen LogP contribution in [0.25, 0.3) is 0 Å². The highest BCUT2D eigenvalue weighted by atomic mass is 16.2. The molecule has 1 aromatic carbocycles. The maximum Gasteiger partial charge on any atom is 0.277 e. The van der Waals surface area contributed by atoms with E-state index in [0.717, 1.165) is 37.8 Å². The first-order chi connectivity index (χ1) is 14.3. The van der Waals surface area contributed by atoms with Gasteiger partial charge in [0.15, 0.2) is 0 Å². The van der Waals surface area contributed by atoms with Crippen LogP contribution in [0.3, 0.4) is 0 Å². The van der Waals surface area contributed by atoms with E-state index in [1.54, 1.807) is 29.6 Å². The van der Waals surface area contributed by atoms with Crippen LogP contribution in [0.5, 0.6) is 0 Å². The number of carbonyl (C=O) groups is 1. The van der Waals surface area contributed by atoms with Crippen molar-refractivity contribution in [3.05, 3.63) is 66.7 Å². The van der Waals surface area contributed by atoms with E-state index in [-0.39, 0.29) is 5.91 Å². The van der Waals surface area contributed by atoms with Gasteiger partial charge in [0.1, 0.15) is 5.69 Å². The number of rotatable bonds is 5. The van der Waals surface area contributed by atoms with Crippen LogP contribution in [0.2, 0.25) is 0 Å². The number of hydrogen-bond donors (Lipinski definition) is 0. The number of amides is 1. The zero-order valence-electron chi connectivity index (χ0n) is 16.3. The number of para-hydroxylation sites is 1. The lowest BCUT2D eigenvalue weighted by Gasteiger charge is -2.34. The molecule has 1 saturated heterocycles. The Morgan fingerprint density at radius 1 is 0.862 bits per heavy atom. The van der Waals surface area contributed by atoms with E-state index in [1.807, 2.05) is 43.3 Å². The third-order valence-electron chi connectivity index (χ3n) is 4.89. The molecule has 0 unspecified atom stereocenters. The fourth-order valence-corrected chi connectivity index (χ4v) is 3.37. The van der Waals surface area contributed by atoms with Gasteiger partial charge in [-0.15, -0.1) is 0 Å². The van der Waals surface area contributed by atoms with E-state index in [2.05, 4.69) is 29.7 Å². The second-order valence-corrected chi connectivity index (χ2v) is 6.65. The largest absolute Gasteiger partial charge is 0.337 e. The minimum absolute atomic E-state index is 0.126. The molecular weight excluding hydrogens is 366 g/mol. The van der Waals surface area contributed by atoms with Crippen LogP contribution < -0.4 is 14.7 Å². The average Bonchev–Trinajstić information content (AvgIpc) is 2.81. The third-order valence-corrected chi connectivity index (χ3v) is 4.89. The second-order valence-electron chi connectivity index (χ2n) is 6.65. The average molecular weight is 389 g/mol. The van der Waals surface area contributed by atoms with Gasteiger partial charge < -0.3 is 14.7 Å². The van der Waals surface area contributed by atoms with Gasteiger partial charge in [-0.2, -0.15) is 0 Å². The summed E-state index contributed by atoms with van der Waals surface area (Å²) in [6, 6.07) is 13.1. The van der Waals surface area contributed by atoms with E-state index in [0.29, 0.717) is 18.2 Å². The second kappa shape index (κ2) is 8.64. The number of piperazine rings is 1. The summed E-state index contributed by atoms with van der Waals surface area (Å²) in [6.45, 7) is 5.56. The first-order valence-electron chi connectivity index (χ1n) is 9.73. The van der Waals surface area contributed by atoms with Gasteiger partial charge in [-0.05, 0) is 31.2 Å². The Bertz CT molecular complexity index is 944. The maximum atomic E-state index is 13.0. The fourth-order valence-electron chi connectivity index (χ4n) is 3.37. The number of hydrogen-bond acceptors (Lipinski definition) is 7. The summed E-state index contributed by atoms with van der Waals surface area (Å²) in [6.07, 6.45) is 5.15. The molecule has 0 atom stereocenters. The predicted octanol–water partition coefficient (Wildman–Crippen LogP) is 2.26. The van der Waals surface area contributed by atoms with Gasteiger partial charge >= 0.3 is 0 Å². The van der Waals surface area contributed by atoms with Crippen LogP contribution in [-0.2, 0) is 0 Å². The van der Waals surface area contributed by atoms with Crippen molar-refractivity contribution in [3.63, 3.8) is 0 Å². The minimum Gasteiger partial charge on any atom is -0.337 e. The highest BCUT2D eigenvalue weighted by Crippen LogP contribution is 2.18. The zero-order valence-corrected chi connectivity index (χ0v) is 16.3. The van der Waals surface area contributed by atoms with Crippen molar-refractivity contribution in [1.82, 2.24) is 19.9 Å². The molecule has 8 nitrogen and oxygen atoms in total. The topological polar surface area (TPSA) is 78.4 Å². The van der Waals surface area contributed by atoms with Crippen molar-refractivity contribution < 1.29 is 4.79 Å². The lowest BCUT2D eigenvalue weighted by molar-refractivity contribution is 0.0983. The Balaban J connectivity index is 1.47. The van der Waals surface area contributed by atoms with Crippen molar-refractivity contribution in [2.24, 2.45) is 0 Å². The standard InChI is InChI=1S/C21H23N7O/c1-2-28(17-7-4-3-5-8-17)19(29)18-9-12-24-21(25-18)27-15-13-26(14-16-27)20-22-10-6-11-23-20/h3-12H,2,13-16H2,1H3. The van der Waals surface area contributed by atoms with Gasteiger partial charge in [-0.25, -0.2) is 19.9 Å². The SMILES string of the molecule is CCN(C(=O)c1ccnc(N2CCN(c3ncccn3)CC2)n1)c1ccccc1. The van der Waals surface area contributed by atoms with Crippen molar-refractivity contribution in [2.45, 2.75) is 6.92 Å². The first kappa shape index (κ1) is 18.8. The molecule has 1 aliphatic heterocycles. The number of aromatic nitrogens is 4. The van der Waals surface area contributed by atoms with Crippen LogP contribution in [-0.4, -0.2) is 58.6 Å². The van der Waals surface area contributed by atoms with Gasteiger partial charge in [-0.3, -0.25) is 4.79 Å². The molecule has 0 saturated carbocycles. The summed E-state index contributed by atoms with van der Waals surface area (Å²) in [5, 5.41) is 0. The molecule has 0 bridgehead atoms. The Kier molecular flexibility index (Phi) is 5.60. The molecule has 1 amide bonds. The number of nitrogens with zero attached hydrogens (tertiary/aromatic N) is 7. The Hall–Kier alpha value is -3.55. The number of anilines is 3. The molecule has 1 fully saturated rings. The molecule has 2 aromatic heterocycles. The summed E-state index contributed by atoms with van der Waals surface area (Å²) in [5.41, 5.74) is 1.26. The van der Waals surface area contributed by atoms with Gasteiger partial charge in [0, 0.05) is 57.0 Å². The molecule has 4 rings (SSSR count). The van der Waals surface area contributed by atoms with Gasteiger partial charge in [0.25, 0.3) is 5.91 Å². The van der Waals surface area contributed by atoms with Gasteiger partial charge in [0.2, 0.25) is 11.9 Å². The van der Waals surface area contributed by atoms with E-state index in [9.17, 15) is 4.79 Å². The normalized spacial score (nSPS) is 14.0. The summed E-state index contributed by atoms with van der Waals surface area (Å²) >= 11 is 0. The Morgan fingerprint density at radius 2 is 1.48 bits per heavy atom. The van der Waals surface area contributed by atoms with Crippen LogP contribution in [0.1, 0.15) is 17.4 Å². The molecular formula is C21H23N7O. The lowest BCUT2D eigenvalue weighted by Crippen LogP contribution is -2.47. The minimum atomic E-state index is -0.126. The molecule has 3 heterocycles. The van der Waals surface area contributed by atoms with Crippen molar-refractivity contribution >= 4 is 23.5 Å². The van der Waals surface area contributed by atoms with Crippen molar-refractivity contribution in [1.29, 1.82) is 0 Å². The monoisotopic (exact) mass is 389 g/mol. The molecule has 3 aromatic rings. The lowest BCUT2D eigenvalue weighted by atomic mass is 10.2. The molecule has 8 heteroatoms.